The molecule has 24 heavy (non-hydrogen) atoms. The topological polar surface area (TPSA) is 57.0 Å². The van der Waals surface area contributed by atoms with Gasteiger partial charge in [0.2, 0.25) is 5.78 Å². The summed E-state index contributed by atoms with van der Waals surface area (Å²) >= 11 is 0. The molecule has 0 aliphatic rings. The highest BCUT2D eigenvalue weighted by Crippen LogP contribution is 2.33. The van der Waals surface area contributed by atoms with E-state index in [-0.39, 0.29) is 5.75 Å². The van der Waals surface area contributed by atoms with Crippen LogP contribution in [0.3, 0.4) is 0 Å². The quantitative estimate of drug-likeness (QED) is 0.753. The lowest BCUT2D eigenvalue weighted by atomic mass is 9.88. The zero-order valence-corrected chi connectivity index (χ0v) is 12.9. The largest absolute Gasteiger partial charge is 0.461 e. The summed E-state index contributed by atoms with van der Waals surface area (Å²) in [6.07, 6.45) is -3.67. The van der Waals surface area contributed by atoms with Crippen molar-refractivity contribution in [3.8, 4) is 5.75 Å². The van der Waals surface area contributed by atoms with Crippen LogP contribution in [-0.4, -0.2) is 27.2 Å². The van der Waals surface area contributed by atoms with Crippen LogP contribution in [-0.2, 0) is 11.0 Å². The highest BCUT2D eigenvalue weighted by atomic mass is 19.4. The van der Waals surface area contributed by atoms with Crippen molar-refractivity contribution in [1.82, 2.24) is 14.8 Å². The van der Waals surface area contributed by atoms with Gasteiger partial charge in [-0.05, 0) is 18.2 Å². The summed E-state index contributed by atoms with van der Waals surface area (Å²) in [6, 6.07) is 4.07. The number of hydrogen-bond donors (Lipinski definition) is 0. The normalized spacial score (nSPS) is 13.6. The molecule has 1 aromatic heterocycles. The molecule has 0 saturated carbocycles. The van der Waals surface area contributed by atoms with E-state index < -0.39 is 35.8 Å². The number of carbonyl (C=O) groups is 1. The minimum Gasteiger partial charge on any atom is -0.461 e. The first-order chi connectivity index (χ1) is 11.1. The molecule has 0 N–H and O–H groups in total. The molecule has 0 saturated heterocycles. The Hall–Kier alpha value is -2.45. The number of ether oxygens (including phenoxy) is 1. The number of alkyl halides is 4. The van der Waals surface area contributed by atoms with Crippen molar-refractivity contribution in [3.63, 3.8) is 0 Å². The molecule has 0 amide bonds. The Morgan fingerprint density at radius 3 is 2.58 bits per heavy atom. The third-order valence-corrected chi connectivity index (χ3v) is 3.31. The highest BCUT2D eigenvalue weighted by molar-refractivity contribution is 5.87. The molecule has 5 nitrogen and oxygen atoms in total. The summed E-state index contributed by atoms with van der Waals surface area (Å²) in [4.78, 5) is 16.2. The van der Waals surface area contributed by atoms with Gasteiger partial charge in [-0.3, -0.25) is 9.18 Å². The lowest BCUT2D eigenvalue weighted by Crippen LogP contribution is -2.37. The molecule has 0 aliphatic carbocycles. The summed E-state index contributed by atoms with van der Waals surface area (Å²) in [5, 5.41) is 3.77. The molecular formula is C15H15F4N3O2. The minimum absolute atomic E-state index is 0.187. The van der Waals surface area contributed by atoms with Gasteiger partial charge in [-0.2, -0.15) is 18.3 Å². The maximum absolute atomic E-state index is 13.1. The van der Waals surface area contributed by atoms with Crippen molar-refractivity contribution in [2.75, 3.05) is 6.67 Å². The van der Waals surface area contributed by atoms with Crippen LogP contribution in [0.2, 0.25) is 0 Å². The first kappa shape index (κ1) is 17.9. The first-order valence-electron chi connectivity index (χ1n) is 6.93. The van der Waals surface area contributed by atoms with Gasteiger partial charge >= 0.3 is 6.18 Å². The lowest BCUT2D eigenvalue weighted by molar-refractivity contribution is -0.140. The van der Waals surface area contributed by atoms with Gasteiger partial charge in [-0.1, -0.05) is 19.9 Å². The number of ketones is 1. The molecule has 1 aromatic carbocycles. The second-order valence-electron chi connectivity index (χ2n) is 5.75. The van der Waals surface area contributed by atoms with Crippen LogP contribution >= 0.6 is 0 Å². The molecular weight excluding hydrogens is 330 g/mol. The fourth-order valence-corrected chi connectivity index (χ4v) is 1.84. The molecule has 130 valence electrons. The molecule has 0 bridgehead atoms. The van der Waals surface area contributed by atoms with Crippen molar-refractivity contribution < 1.29 is 27.1 Å². The number of nitrogens with zero attached hydrogens (tertiary/aromatic N) is 3. The molecule has 1 heterocycles. The van der Waals surface area contributed by atoms with Crippen molar-refractivity contribution in [3.05, 3.63) is 42.5 Å². The van der Waals surface area contributed by atoms with E-state index in [9.17, 15) is 22.4 Å². The van der Waals surface area contributed by atoms with Crippen molar-refractivity contribution >= 4 is 5.78 Å². The number of hydrogen-bond acceptors (Lipinski definition) is 4. The first-order valence-corrected chi connectivity index (χ1v) is 6.93. The van der Waals surface area contributed by atoms with Gasteiger partial charge in [-0.25, -0.2) is 9.67 Å². The summed E-state index contributed by atoms with van der Waals surface area (Å²) in [7, 11) is 0. The average Bonchev–Trinajstić information content (AvgIpc) is 3.05. The predicted molar refractivity (Wildman–Crippen MR) is 75.9 cm³/mol. The van der Waals surface area contributed by atoms with Crippen molar-refractivity contribution in [2.24, 2.45) is 5.41 Å². The molecule has 0 radical (unpaired) electrons. The van der Waals surface area contributed by atoms with Crippen molar-refractivity contribution in [2.45, 2.75) is 26.3 Å². The van der Waals surface area contributed by atoms with Gasteiger partial charge in [0.05, 0.1) is 11.0 Å². The Morgan fingerprint density at radius 1 is 1.33 bits per heavy atom. The fourth-order valence-electron chi connectivity index (χ4n) is 1.84. The fraction of sp³-hybridized carbons (Fsp3) is 0.400. The molecule has 0 aliphatic heterocycles. The molecule has 2 rings (SSSR count). The second kappa shape index (κ2) is 6.58. The molecule has 9 heteroatoms. The van der Waals surface area contributed by atoms with Crippen molar-refractivity contribution in [1.29, 1.82) is 0 Å². The number of carbonyl (C=O) groups excluding carboxylic acids is 1. The molecule has 0 fully saturated rings. The van der Waals surface area contributed by atoms with Crippen LogP contribution < -0.4 is 4.74 Å². The van der Waals surface area contributed by atoms with Gasteiger partial charge in [-0.15, -0.1) is 0 Å². The Labute approximate surface area is 135 Å². The van der Waals surface area contributed by atoms with Gasteiger partial charge in [0.25, 0.3) is 6.23 Å². The predicted octanol–water partition coefficient (Wildman–Crippen LogP) is 3.44. The maximum atomic E-state index is 13.1. The van der Waals surface area contributed by atoms with E-state index in [4.69, 9.17) is 4.74 Å². The SMILES string of the molecule is CC(C)(CF)C(=O)C(Oc1cccc(C(F)(F)F)c1)n1cncn1. The minimum atomic E-state index is -4.55. The maximum Gasteiger partial charge on any atom is 0.416 e. The number of halogens is 4. The third-order valence-electron chi connectivity index (χ3n) is 3.31. The monoisotopic (exact) mass is 345 g/mol. The van der Waals surface area contributed by atoms with E-state index in [0.717, 1.165) is 29.2 Å². The third kappa shape index (κ3) is 3.90. The molecule has 1 atom stereocenters. The van der Waals surface area contributed by atoms with Crippen LogP contribution in [0.15, 0.2) is 36.9 Å². The smallest absolute Gasteiger partial charge is 0.416 e. The van der Waals surface area contributed by atoms with E-state index in [0.29, 0.717) is 0 Å². The average molecular weight is 345 g/mol. The van der Waals surface area contributed by atoms with Crippen LogP contribution in [0.1, 0.15) is 25.6 Å². The molecule has 1 unspecified atom stereocenters. The Balaban J connectivity index is 2.35. The van der Waals surface area contributed by atoms with E-state index in [1.54, 1.807) is 0 Å². The standard InChI is InChI=1S/C15H15F4N3O2/c1-14(2,7-16)12(23)13(22-9-20-8-21-22)24-11-5-3-4-10(6-11)15(17,18)19/h3-6,8-9,13H,7H2,1-2H3. The van der Waals surface area contributed by atoms with Gasteiger partial charge in [0, 0.05) is 0 Å². The summed E-state index contributed by atoms with van der Waals surface area (Å²) < 4.78 is 57.9. The van der Waals surface area contributed by atoms with E-state index in [1.807, 2.05) is 0 Å². The van der Waals surface area contributed by atoms with E-state index in [1.165, 1.54) is 26.2 Å². The van der Waals surface area contributed by atoms with E-state index in [2.05, 4.69) is 10.1 Å². The zero-order chi connectivity index (χ0) is 18.0. The Morgan fingerprint density at radius 2 is 2.04 bits per heavy atom. The number of aromatic nitrogens is 3. The number of rotatable bonds is 6. The van der Waals surface area contributed by atoms with Crippen LogP contribution in [0.4, 0.5) is 17.6 Å². The van der Waals surface area contributed by atoms with Gasteiger partial charge in [0.1, 0.15) is 25.1 Å². The number of benzene rings is 1. The van der Waals surface area contributed by atoms with E-state index >= 15 is 0 Å². The molecule has 0 spiro atoms. The zero-order valence-electron chi connectivity index (χ0n) is 12.9. The second-order valence-corrected chi connectivity index (χ2v) is 5.75. The van der Waals surface area contributed by atoms with Crippen LogP contribution in [0, 0.1) is 5.41 Å². The Kier molecular flexibility index (Phi) is 4.91. The molecule has 2 aromatic rings. The van der Waals surface area contributed by atoms with Gasteiger partial charge < -0.3 is 4.74 Å². The van der Waals surface area contributed by atoms with Gasteiger partial charge in [0.15, 0.2) is 0 Å². The highest BCUT2D eigenvalue weighted by Gasteiger charge is 2.37. The summed E-state index contributed by atoms with van der Waals surface area (Å²) in [5.74, 6) is -0.860. The van der Waals surface area contributed by atoms with Crippen LogP contribution in [0.25, 0.3) is 0 Å². The Bertz CT molecular complexity index is 699. The summed E-state index contributed by atoms with van der Waals surface area (Å²) in [5.41, 5.74) is -2.31. The number of Topliss-reactive ketones (excluding diaryl/α,β-unsaturated/α-hetero) is 1. The lowest BCUT2D eigenvalue weighted by Gasteiger charge is -2.26. The summed E-state index contributed by atoms with van der Waals surface area (Å²) in [6.45, 7) is 1.78. The van der Waals surface area contributed by atoms with Crippen LogP contribution in [0.5, 0.6) is 5.75 Å².